The molecule has 0 saturated heterocycles. The summed E-state index contributed by atoms with van der Waals surface area (Å²) in [5, 5.41) is 3.25. The SMILES string of the molecule is CCOc1ccc(C(NC)c2cc(F)ccc2C)cc1Br. The molecule has 0 spiro atoms. The van der Waals surface area contributed by atoms with Gasteiger partial charge in [0.25, 0.3) is 0 Å². The molecule has 0 radical (unpaired) electrons. The van der Waals surface area contributed by atoms with Crippen molar-refractivity contribution >= 4 is 15.9 Å². The number of nitrogens with one attached hydrogen (secondary N) is 1. The average Bonchev–Trinajstić information content (AvgIpc) is 2.46. The minimum atomic E-state index is -0.221. The van der Waals surface area contributed by atoms with Gasteiger partial charge in [-0.15, -0.1) is 0 Å². The van der Waals surface area contributed by atoms with E-state index in [1.165, 1.54) is 6.07 Å². The van der Waals surface area contributed by atoms with E-state index in [9.17, 15) is 4.39 Å². The number of ether oxygens (including phenoxy) is 1. The van der Waals surface area contributed by atoms with Crippen LogP contribution < -0.4 is 10.1 Å². The first-order valence-corrected chi connectivity index (χ1v) is 7.71. The molecule has 1 unspecified atom stereocenters. The summed E-state index contributed by atoms with van der Waals surface area (Å²) in [5.74, 6) is 0.591. The summed E-state index contributed by atoms with van der Waals surface area (Å²) in [4.78, 5) is 0. The van der Waals surface area contributed by atoms with E-state index in [1.807, 2.05) is 39.1 Å². The molecule has 112 valence electrons. The summed E-state index contributed by atoms with van der Waals surface area (Å²) < 4.78 is 20.0. The molecule has 0 aliphatic heterocycles. The Morgan fingerprint density at radius 3 is 2.62 bits per heavy atom. The average molecular weight is 352 g/mol. The molecular formula is C17H19BrFNO. The Hall–Kier alpha value is -1.39. The summed E-state index contributed by atoms with van der Waals surface area (Å²) in [5.41, 5.74) is 3.05. The van der Waals surface area contributed by atoms with E-state index in [1.54, 1.807) is 12.1 Å². The zero-order chi connectivity index (χ0) is 15.4. The lowest BCUT2D eigenvalue weighted by Gasteiger charge is -2.20. The maximum atomic E-state index is 13.5. The lowest BCUT2D eigenvalue weighted by atomic mass is 9.95. The molecular weight excluding hydrogens is 333 g/mol. The van der Waals surface area contributed by atoms with Gasteiger partial charge in [-0.2, -0.15) is 0 Å². The van der Waals surface area contributed by atoms with E-state index in [0.717, 1.165) is 26.9 Å². The van der Waals surface area contributed by atoms with E-state index in [-0.39, 0.29) is 11.9 Å². The van der Waals surface area contributed by atoms with Crippen LogP contribution in [0.5, 0.6) is 5.75 Å². The van der Waals surface area contributed by atoms with Gasteiger partial charge in [0.05, 0.1) is 17.1 Å². The van der Waals surface area contributed by atoms with Crippen LogP contribution in [0.25, 0.3) is 0 Å². The highest BCUT2D eigenvalue weighted by atomic mass is 79.9. The third kappa shape index (κ3) is 3.63. The largest absolute Gasteiger partial charge is 0.493 e. The first-order chi connectivity index (χ1) is 10.1. The van der Waals surface area contributed by atoms with Crippen molar-refractivity contribution in [1.82, 2.24) is 5.32 Å². The number of rotatable bonds is 5. The van der Waals surface area contributed by atoms with Gasteiger partial charge in [-0.3, -0.25) is 0 Å². The van der Waals surface area contributed by atoms with Crippen LogP contribution in [-0.4, -0.2) is 13.7 Å². The molecule has 2 rings (SSSR count). The standard InChI is InChI=1S/C17H19BrFNO/c1-4-21-16-8-6-12(9-15(16)18)17(20-3)14-10-13(19)7-5-11(14)2/h5-10,17,20H,4H2,1-3H3. The van der Waals surface area contributed by atoms with Crippen molar-refractivity contribution in [3.8, 4) is 5.75 Å². The molecule has 2 aromatic carbocycles. The zero-order valence-electron chi connectivity index (χ0n) is 12.4. The van der Waals surface area contributed by atoms with Gasteiger partial charge in [0.2, 0.25) is 0 Å². The van der Waals surface area contributed by atoms with Crippen molar-refractivity contribution in [2.45, 2.75) is 19.9 Å². The van der Waals surface area contributed by atoms with Crippen LogP contribution in [0, 0.1) is 12.7 Å². The van der Waals surface area contributed by atoms with Crippen LogP contribution in [0.3, 0.4) is 0 Å². The lowest BCUT2D eigenvalue weighted by Crippen LogP contribution is -2.19. The van der Waals surface area contributed by atoms with Gasteiger partial charge in [0.1, 0.15) is 11.6 Å². The molecule has 0 aromatic heterocycles. The molecule has 0 saturated carbocycles. The van der Waals surface area contributed by atoms with E-state index >= 15 is 0 Å². The van der Waals surface area contributed by atoms with Crippen molar-refractivity contribution < 1.29 is 9.13 Å². The summed E-state index contributed by atoms with van der Waals surface area (Å²) in [6.45, 7) is 4.56. The molecule has 2 nitrogen and oxygen atoms in total. The van der Waals surface area contributed by atoms with Crippen LogP contribution in [-0.2, 0) is 0 Å². The second kappa shape index (κ2) is 7.05. The van der Waals surface area contributed by atoms with E-state index < -0.39 is 0 Å². The van der Waals surface area contributed by atoms with Gasteiger partial charge in [0, 0.05) is 0 Å². The molecule has 0 bridgehead atoms. The van der Waals surface area contributed by atoms with Crippen molar-refractivity contribution in [2.75, 3.05) is 13.7 Å². The summed E-state index contributed by atoms with van der Waals surface area (Å²) in [7, 11) is 1.87. The van der Waals surface area contributed by atoms with Gasteiger partial charge >= 0.3 is 0 Å². The molecule has 1 N–H and O–H groups in total. The zero-order valence-corrected chi connectivity index (χ0v) is 14.0. The van der Waals surface area contributed by atoms with Crippen LogP contribution in [0.1, 0.15) is 29.7 Å². The van der Waals surface area contributed by atoms with Crippen LogP contribution in [0.15, 0.2) is 40.9 Å². The summed E-state index contributed by atoms with van der Waals surface area (Å²) >= 11 is 3.52. The molecule has 0 aliphatic carbocycles. The van der Waals surface area contributed by atoms with Crippen molar-refractivity contribution in [2.24, 2.45) is 0 Å². The van der Waals surface area contributed by atoms with Crippen molar-refractivity contribution in [3.63, 3.8) is 0 Å². The van der Waals surface area contributed by atoms with Gasteiger partial charge in [0.15, 0.2) is 0 Å². The number of hydrogen-bond donors (Lipinski definition) is 1. The Balaban J connectivity index is 2.42. The predicted molar refractivity (Wildman–Crippen MR) is 87.4 cm³/mol. The molecule has 0 aliphatic rings. The van der Waals surface area contributed by atoms with Gasteiger partial charge < -0.3 is 10.1 Å². The maximum absolute atomic E-state index is 13.5. The number of benzene rings is 2. The fourth-order valence-electron chi connectivity index (χ4n) is 2.39. The Labute approximate surface area is 133 Å². The normalized spacial score (nSPS) is 12.2. The monoisotopic (exact) mass is 351 g/mol. The quantitative estimate of drug-likeness (QED) is 0.849. The van der Waals surface area contributed by atoms with Crippen LogP contribution in [0.4, 0.5) is 4.39 Å². The molecule has 4 heteroatoms. The van der Waals surface area contributed by atoms with Gasteiger partial charge in [-0.05, 0) is 77.8 Å². The van der Waals surface area contributed by atoms with Crippen LogP contribution >= 0.6 is 15.9 Å². The molecule has 0 heterocycles. The van der Waals surface area contributed by atoms with Gasteiger partial charge in [-0.1, -0.05) is 12.1 Å². The Bertz CT molecular complexity index is 630. The summed E-state index contributed by atoms with van der Waals surface area (Å²) in [6.07, 6.45) is 0. The molecule has 0 fully saturated rings. The Morgan fingerprint density at radius 1 is 1.24 bits per heavy atom. The minimum Gasteiger partial charge on any atom is -0.493 e. The number of hydrogen-bond acceptors (Lipinski definition) is 2. The molecule has 0 amide bonds. The fraction of sp³-hybridized carbons (Fsp3) is 0.294. The number of aryl methyl sites for hydroxylation is 1. The Morgan fingerprint density at radius 2 is 2.00 bits per heavy atom. The molecule has 2 aromatic rings. The predicted octanol–water partition coefficient (Wildman–Crippen LogP) is 4.60. The second-order valence-electron chi connectivity index (χ2n) is 4.85. The Kier molecular flexibility index (Phi) is 5.37. The van der Waals surface area contributed by atoms with E-state index in [2.05, 4.69) is 21.2 Å². The maximum Gasteiger partial charge on any atom is 0.133 e. The second-order valence-corrected chi connectivity index (χ2v) is 5.70. The lowest BCUT2D eigenvalue weighted by molar-refractivity contribution is 0.338. The smallest absolute Gasteiger partial charge is 0.133 e. The third-order valence-electron chi connectivity index (χ3n) is 3.43. The minimum absolute atomic E-state index is 0.0623. The summed E-state index contributed by atoms with van der Waals surface area (Å²) in [6, 6.07) is 10.8. The first kappa shape index (κ1) is 16.0. The van der Waals surface area contributed by atoms with E-state index in [0.29, 0.717) is 6.61 Å². The van der Waals surface area contributed by atoms with Crippen LogP contribution in [0.2, 0.25) is 0 Å². The first-order valence-electron chi connectivity index (χ1n) is 6.92. The fourth-order valence-corrected chi connectivity index (χ4v) is 2.90. The topological polar surface area (TPSA) is 21.3 Å². The molecule has 21 heavy (non-hydrogen) atoms. The van der Waals surface area contributed by atoms with Crippen molar-refractivity contribution in [1.29, 1.82) is 0 Å². The van der Waals surface area contributed by atoms with Crippen molar-refractivity contribution in [3.05, 3.63) is 63.4 Å². The highest BCUT2D eigenvalue weighted by molar-refractivity contribution is 9.10. The van der Waals surface area contributed by atoms with Gasteiger partial charge in [-0.25, -0.2) is 4.39 Å². The number of halogens is 2. The highest BCUT2D eigenvalue weighted by Crippen LogP contribution is 2.32. The third-order valence-corrected chi connectivity index (χ3v) is 4.05. The molecule has 1 atom stereocenters. The highest BCUT2D eigenvalue weighted by Gasteiger charge is 2.16. The van der Waals surface area contributed by atoms with E-state index in [4.69, 9.17) is 4.74 Å².